The number of amides is 3. The molecule has 38 heavy (non-hydrogen) atoms. The lowest BCUT2D eigenvalue weighted by Crippen LogP contribution is -2.79. The van der Waals surface area contributed by atoms with E-state index in [0.717, 1.165) is 16.2 Å². The Kier molecular flexibility index (Phi) is 8.58. The Labute approximate surface area is 225 Å². The number of aryl methyl sites for hydroxylation is 1. The zero-order valence-corrected chi connectivity index (χ0v) is 22.8. The minimum atomic E-state index is -4.19. The number of carboxylic acid groups (broad SMARTS) is 1. The van der Waals surface area contributed by atoms with Gasteiger partial charge in [-0.25, -0.2) is 13.4 Å². The molecule has 1 saturated heterocycles. The van der Waals surface area contributed by atoms with Gasteiger partial charge in [0.2, 0.25) is 15.3 Å². The van der Waals surface area contributed by atoms with E-state index in [0.29, 0.717) is 22.8 Å². The smallest absolute Gasteiger partial charge is 0.323 e. The number of nitrogens with one attached hydrogen (secondary N) is 2. The number of hydrogen-bond acceptors (Lipinski definition) is 11. The van der Waals surface area contributed by atoms with E-state index in [-0.39, 0.29) is 27.0 Å². The number of nitrogens with zero attached hydrogens (tertiary/aromatic N) is 3. The highest BCUT2D eigenvalue weighted by atomic mass is 33.1. The molecule has 13 nitrogen and oxygen atoms in total. The van der Waals surface area contributed by atoms with E-state index in [4.69, 9.17) is 4.84 Å². The van der Waals surface area contributed by atoms with E-state index in [1.807, 2.05) is 0 Å². The second-order valence-electron chi connectivity index (χ2n) is 7.93. The zero-order valence-electron chi connectivity index (χ0n) is 20.3. The van der Waals surface area contributed by atoms with E-state index < -0.39 is 44.1 Å². The summed E-state index contributed by atoms with van der Waals surface area (Å²) in [5.74, 6) is -3.18. The van der Waals surface area contributed by atoms with Crippen molar-refractivity contribution in [3.05, 3.63) is 53.1 Å². The minimum Gasteiger partial charge on any atom is -0.480 e. The molecular weight excluding hydrogens is 558 g/mol. The van der Waals surface area contributed by atoms with Crippen LogP contribution in [0, 0.1) is 6.92 Å². The van der Waals surface area contributed by atoms with Crippen LogP contribution < -0.4 is 10.6 Å². The van der Waals surface area contributed by atoms with E-state index in [1.54, 1.807) is 19.1 Å². The van der Waals surface area contributed by atoms with Gasteiger partial charge in [-0.1, -0.05) is 29.9 Å². The maximum Gasteiger partial charge on any atom is 0.323 e. The molecule has 1 aliphatic heterocycles. The van der Waals surface area contributed by atoms with Gasteiger partial charge < -0.3 is 25.5 Å². The van der Waals surface area contributed by atoms with Gasteiger partial charge in [0.1, 0.15) is 25.4 Å². The molecule has 0 radical (unpaired) electrons. The van der Waals surface area contributed by atoms with Crippen LogP contribution in [0.3, 0.4) is 0 Å². The predicted molar refractivity (Wildman–Crippen MR) is 140 cm³/mol. The van der Waals surface area contributed by atoms with Gasteiger partial charge in [0.15, 0.2) is 15.7 Å². The summed E-state index contributed by atoms with van der Waals surface area (Å²) in [7, 11) is -2.70. The van der Waals surface area contributed by atoms with Gasteiger partial charge in [-0.2, -0.15) is 0 Å². The first-order valence-electron chi connectivity index (χ1n) is 10.7. The van der Waals surface area contributed by atoms with Crippen LogP contribution in [0.1, 0.15) is 18.2 Å². The number of rotatable bonds is 12. The van der Waals surface area contributed by atoms with Gasteiger partial charge in [-0.15, -0.1) is 11.3 Å². The van der Waals surface area contributed by atoms with Crippen LogP contribution >= 0.6 is 22.1 Å². The third-order valence-electron chi connectivity index (χ3n) is 5.41. The summed E-state index contributed by atoms with van der Waals surface area (Å²) >= 11 is 0.996. The number of aliphatic carboxylic acids is 1. The molecule has 202 valence electrons. The fourth-order valence-electron chi connectivity index (χ4n) is 3.75. The van der Waals surface area contributed by atoms with Crippen molar-refractivity contribution in [3.63, 3.8) is 0 Å². The standard InChI is InChI=1S/C22H23N5O8S3/c1-12(2)22(37-38(33,34)15-8-6-5-7-13(15)3)18(20(32)27(22)9-16(29)30)25-19(31)17(26-35-4)14-10-36-21(24-14)23-11-28/h5-8,10-11,18H,1,9H2,2-4H3,(H,25,31)(H,29,30)(H,23,24,28). The molecule has 1 aromatic heterocycles. The lowest BCUT2D eigenvalue weighted by atomic mass is 9.88. The average molecular weight is 582 g/mol. The number of β-lactam (4-membered cyclic amide) rings is 1. The van der Waals surface area contributed by atoms with Gasteiger partial charge in [0.05, 0.1) is 4.90 Å². The van der Waals surface area contributed by atoms with E-state index in [9.17, 15) is 32.7 Å². The molecule has 2 atom stereocenters. The van der Waals surface area contributed by atoms with Crippen LogP contribution in [0.15, 0.2) is 51.8 Å². The molecular formula is C22H23N5O8S3. The minimum absolute atomic E-state index is 0.00831. The molecule has 0 bridgehead atoms. The van der Waals surface area contributed by atoms with Crippen molar-refractivity contribution in [1.29, 1.82) is 0 Å². The summed E-state index contributed by atoms with van der Waals surface area (Å²) in [6.45, 7) is 6.03. The predicted octanol–water partition coefficient (Wildman–Crippen LogP) is 1.18. The Hall–Kier alpha value is -3.76. The lowest BCUT2D eigenvalue weighted by molar-refractivity contribution is -0.159. The molecule has 3 N–H and O–H groups in total. The molecule has 0 saturated carbocycles. The highest BCUT2D eigenvalue weighted by Crippen LogP contribution is 2.51. The number of carbonyl (C=O) groups is 4. The molecule has 1 fully saturated rings. The van der Waals surface area contributed by atoms with Crippen molar-refractivity contribution in [3.8, 4) is 0 Å². The normalized spacial score (nSPS) is 19.3. The number of oxime groups is 1. The maximum absolute atomic E-state index is 13.5. The zero-order chi connectivity index (χ0) is 28.3. The Morgan fingerprint density at radius 2 is 2.08 bits per heavy atom. The third kappa shape index (κ3) is 5.41. The van der Waals surface area contributed by atoms with Crippen molar-refractivity contribution in [2.75, 3.05) is 19.0 Å². The molecule has 2 unspecified atom stereocenters. The fraction of sp³-hybridized carbons (Fsp3) is 0.273. The molecule has 0 spiro atoms. The van der Waals surface area contributed by atoms with Crippen LogP contribution in [0.5, 0.6) is 0 Å². The Balaban J connectivity index is 2.04. The van der Waals surface area contributed by atoms with Crippen LogP contribution in [0.25, 0.3) is 0 Å². The van der Waals surface area contributed by atoms with E-state index in [1.165, 1.54) is 31.5 Å². The first-order valence-corrected chi connectivity index (χ1v) is 14.4. The second-order valence-corrected chi connectivity index (χ2v) is 12.7. The number of aromatic nitrogens is 1. The second kappa shape index (κ2) is 11.3. The lowest BCUT2D eigenvalue weighted by Gasteiger charge is -2.56. The highest BCUT2D eigenvalue weighted by Gasteiger charge is 2.65. The van der Waals surface area contributed by atoms with Crippen molar-refractivity contribution in [2.45, 2.75) is 29.7 Å². The summed E-state index contributed by atoms with van der Waals surface area (Å²) in [5.41, 5.74) is 0.191. The SMILES string of the molecule is C=C(C)C1(SS(=O)(=O)c2ccccc2C)C(NC(=O)C(=NOC)c2csc(NC=O)n2)C(=O)N1CC(=O)O. The first-order chi connectivity index (χ1) is 17.9. The van der Waals surface area contributed by atoms with Gasteiger partial charge in [0, 0.05) is 16.2 Å². The average Bonchev–Trinajstić information content (AvgIpc) is 3.31. The highest BCUT2D eigenvalue weighted by molar-refractivity contribution is 8.72. The van der Waals surface area contributed by atoms with Gasteiger partial charge in [-0.05, 0) is 31.1 Å². The number of carbonyl (C=O) groups excluding carboxylic acids is 3. The van der Waals surface area contributed by atoms with Crippen molar-refractivity contribution < 1.29 is 37.5 Å². The summed E-state index contributed by atoms with van der Waals surface area (Å²) in [6.07, 6.45) is 0.396. The molecule has 3 rings (SSSR count). The van der Waals surface area contributed by atoms with Crippen molar-refractivity contribution in [1.82, 2.24) is 15.2 Å². The molecule has 0 aliphatic carbocycles. The number of hydrogen-bond donors (Lipinski definition) is 3. The summed E-state index contributed by atoms with van der Waals surface area (Å²) in [4.78, 5) is 56.4. The van der Waals surface area contributed by atoms with Crippen LogP contribution in [0.4, 0.5) is 5.13 Å². The Morgan fingerprint density at radius 3 is 2.66 bits per heavy atom. The topological polar surface area (TPSA) is 184 Å². The number of likely N-dealkylation sites (tertiary alicyclic amines) is 1. The summed E-state index contributed by atoms with van der Waals surface area (Å²) in [5, 5.41) is 19.4. The number of thiazole rings is 1. The number of anilines is 1. The number of benzene rings is 1. The molecule has 16 heteroatoms. The van der Waals surface area contributed by atoms with Gasteiger partial charge in [-0.3, -0.25) is 19.2 Å². The quantitative estimate of drug-likeness (QED) is 0.0821. The van der Waals surface area contributed by atoms with Crippen LogP contribution in [-0.4, -0.2) is 77.9 Å². The van der Waals surface area contributed by atoms with Crippen molar-refractivity contribution >= 4 is 66.0 Å². The molecule has 1 aromatic carbocycles. The third-order valence-corrected chi connectivity index (χ3v) is 10.4. The molecule has 2 aromatic rings. The molecule has 1 aliphatic rings. The summed E-state index contributed by atoms with van der Waals surface area (Å²) in [6, 6.07) is 4.64. The Bertz CT molecular complexity index is 1440. The van der Waals surface area contributed by atoms with Gasteiger partial charge in [0.25, 0.3) is 11.8 Å². The summed E-state index contributed by atoms with van der Waals surface area (Å²) < 4.78 is 27.0. The van der Waals surface area contributed by atoms with Gasteiger partial charge >= 0.3 is 5.97 Å². The molecule has 2 heterocycles. The fourth-order valence-corrected chi connectivity index (χ4v) is 9.00. The molecule has 3 amide bonds. The van der Waals surface area contributed by atoms with E-state index >= 15 is 0 Å². The first kappa shape index (κ1) is 28.8. The Morgan fingerprint density at radius 1 is 1.39 bits per heavy atom. The van der Waals surface area contributed by atoms with Crippen LogP contribution in [0.2, 0.25) is 0 Å². The van der Waals surface area contributed by atoms with E-state index in [2.05, 4.69) is 27.4 Å². The largest absolute Gasteiger partial charge is 0.480 e. The van der Waals surface area contributed by atoms with Crippen LogP contribution in [-0.2, 0) is 32.9 Å². The van der Waals surface area contributed by atoms with Crippen molar-refractivity contribution in [2.24, 2.45) is 5.16 Å². The maximum atomic E-state index is 13.5. The number of carboxylic acids is 1. The monoisotopic (exact) mass is 581 g/mol.